The largest absolute Gasteiger partial charge is 0.0879 e. The molecule has 0 aliphatic heterocycles. The van der Waals surface area contributed by atoms with E-state index in [1.165, 1.54) is 18.4 Å². The lowest BCUT2D eigenvalue weighted by Crippen LogP contribution is -1.75. The fourth-order valence-corrected chi connectivity index (χ4v) is 1.21. The van der Waals surface area contributed by atoms with Gasteiger partial charge in [0.25, 0.3) is 0 Å². The molecule has 0 atom stereocenters. The quantitative estimate of drug-likeness (QED) is 0.525. The van der Waals surface area contributed by atoms with Gasteiger partial charge in [0.05, 0.1) is 0 Å². The van der Waals surface area contributed by atoms with Gasteiger partial charge in [-0.25, -0.2) is 0 Å². The van der Waals surface area contributed by atoms with Crippen molar-refractivity contribution < 1.29 is 0 Å². The molecule has 0 saturated heterocycles. The highest BCUT2D eigenvalue weighted by Crippen LogP contribution is 2.13. The molecule has 0 aromatic carbocycles. The van der Waals surface area contributed by atoms with Crippen molar-refractivity contribution in [2.24, 2.45) is 0 Å². The van der Waals surface area contributed by atoms with E-state index in [9.17, 15) is 0 Å². The van der Waals surface area contributed by atoms with Crippen LogP contribution >= 0.6 is 0 Å². The second-order valence-electron chi connectivity index (χ2n) is 2.84. The van der Waals surface area contributed by atoms with Gasteiger partial charge < -0.3 is 0 Å². The Bertz CT molecular complexity index is 182. The summed E-state index contributed by atoms with van der Waals surface area (Å²) in [6.07, 6.45) is 16.0. The Hall–Kier alpha value is -0.780. The highest BCUT2D eigenvalue weighted by molar-refractivity contribution is 5.21. The van der Waals surface area contributed by atoms with Gasteiger partial charge in [0, 0.05) is 0 Å². The summed E-state index contributed by atoms with van der Waals surface area (Å²) in [6.45, 7) is 2.17. The Morgan fingerprint density at radius 1 is 1.45 bits per heavy atom. The third-order valence-corrected chi connectivity index (χ3v) is 1.85. The van der Waals surface area contributed by atoms with Crippen molar-refractivity contribution in [3.63, 3.8) is 0 Å². The first-order chi connectivity index (χ1) is 5.43. The highest BCUT2D eigenvalue weighted by atomic mass is 14.0. The van der Waals surface area contributed by atoms with Crippen molar-refractivity contribution in [1.29, 1.82) is 0 Å². The lowest BCUT2D eigenvalue weighted by molar-refractivity contribution is 1.01. The maximum absolute atomic E-state index is 2.32. The predicted octanol–water partition coefficient (Wildman–Crippen LogP) is 3.62. The lowest BCUT2D eigenvalue weighted by Gasteiger charge is -1.95. The topological polar surface area (TPSA) is 0 Å². The maximum Gasteiger partial charge on any atom is -0.0163 e. The summed E-state index contributed by atoms with van der Waals surface area (Å²) in [5, 5.41) is 0. The molecule has 0 heterocycles. The predicted molar refractivity (Wildman–Crippen MR) is 50.5 cm³/mol. The molecule has 0 bridgehead atoms. The molecule has 0 heteroatoms. The van der Waals surface area contributed by atoms with Crippen LogP contribution in [-0.2, 0) is 0 Å². The fourth-order valence-electron chi connectivity index (χ4n) is 1.21. The van der Waals surface area contributed by atoms with Gasteiger partial charge in [-0.15, -0.1) is 0 Å². The number of rotatable bonds is 2. The van der Waals surface area contributed by atoms with Crippen LogP contribution in [0.2, 0.25) is 0 Å². The van der Waals surface area contributed by atoms with Gasteiger partial charge in [0.1, 0.15) is 0 Å². The van der Waals surface area contributed by atoms with Crippen LogP contribution in [0.4, 0.5) is 0 Å². The summed E-state index contributed by atoms with van der Waals surface area (Å²) < 4.78 is 0. The molecule has 0 aromatic rings. The zero-order valence-electron chi connectivity index (χ0n) is 7.22. The Morgan fingerprint density at radius 3 is 3.18 bits per heavy atom. The summed E-state index contributed by atoms with van der Waals surface area (Å²) in [5.41, 5.74) is 1.50. The van der Waals surface area contributed by atoms with Crippen LogP contribution in [0.5, 0.6) is 0 Å². The van der Waals surface area contributed by atoms with Crippen LogP contribution in [0.3, 0.4) is 0 Å². The monoisotopic (exact) mass is 148 g/mol. The van der Waals surface area contributed by atoms with E-state index in [0.717, 1.165) is 12.8 Å². The number of hydrogen-bond donors (Lipinski definition) is 0. The summed E-state index contributed by atoms with van der Waals surface area (Å²) in [5.74, 6) is 0. The van der Waals surface area contributed by atoms with E-state index in [-0.39, 0.29) is 0 Å². The lowest BCUT2D eigenvalue weighted by atomic mass is 10.1. The summed E-state index contributed by atoms with van der Waals surface area (Å²) in [7, 11) is 0. The fraction of sp³-hybridized carbons (Fsp3) is 0.455. The van der Waals surface area contributed by atoms with E-state index >= 15 is 0 Å². The number of hydrogen-bond acceptors (Lipinski definition) is 0. The maximum atomic E-state index is 2.32. The van der Waals surface area contributed by atoms with Crippen molar-refractivity contribution in [3.8, 4) is 0 Å². The van der Waals surface area contributed by atoms with E-state index in [1.807, 2.05) is 0 Å². The van der Waals surface area contributed by atoms with Crippen LogP contribution in [-0.4, -0.2) is 0 Å². The average molecular weight is 148 g/mol. The van der Waals surface area contributed by atoms with Gasteiger partial charge in [-0.2, -0.15) is 0 Å². The smallest absolute Gasteiger partial charge is 0.0163 e. The van der Waals surface area contributed by atoms with Crippen molar-refractivity contribution in [3.05, 3.63) is 36.0 Å². The Balaban J connectivity index is 2.45. The molecule has 0 N–H and O–H groups in total. The molecule has 0 spiro atoms. The zero-order chi connectivity index (χ0) is 7.94. The molecule has 0 amide bonds. The van der Waals surface area contributed by atoms with Gasteiger partial charge in [-0.05, 0) is 25.7 Å². The second kappa shape index (κ2) is 4.95. The third-order valence-electron chi connectivity index (χ3n) is 1.85. The third kappa shape index (κ3) is 3.22. The van der Waals surface area contributed by atoms with Crippen molar-refractivity contribution in [2.75, 3.05) is 0 Å². The van der Waals surface area contributed by atoms with Gasteiger partial charge in [-0.3, -0.25) is 0 Å². The number of allylic oxidation sites excluding steroid dienone is 6. The minimum Gasteiger partial charge on any atom is -0.0879 e. The van der Waals surface area contributed by atoms with Crippen molar-refractivity contribution >= 4 is 0 Å². The molecule has 1 rings (SSSR count). The summed E-state index contributed by atoms with van der Waals surface area (Å²) in [6, 6.07) is 0. The first-order valence-electron chi connectivity index (χ1n) is 4.44. The highest BCUT2D eigenvalue weighted by Gasteiger charge is 1.92. The molecule has 0 radical (unpaired) electrons. The van der Waals surface area contributed by atoms with Gasteiger partial charge >= 0.3 is 0 Å². The molecule has 0 aromatic heterocycles. The van der Waals surface area contributed by atoms with Gasteiger partial charge in [0.2, 0.25) is 0 Å². The first kappa shape index (κ1) is 8.32. The Labute approximate surface area is 69.3 Å². The van der Waals surface area contributed by atoms with E-state index in [0.29, 0.717) is 0 Å². The first-order valence-corrected chi connectivity index (χ1v) is 4.44. The molecule has 0 unspecified atom stereocenters. The van der Waals surface area contributed by atoms with E-state index in [2.05, 4.69) is 37.3 Å². The summed E-state index contributed by atoms with van der Waals surface area (Å²) in [4.78, 5) is 0. The van der Waals surface area contributed by atoms with Crippen LogP contribution in [0.25, 0.3) is 0 Å². The van der Waals surface area contributed by atoms with Crippen LogP contribution in [0.1, 0.15) is 32.6 Å². The van der Waals surface area contributed by atoms with E-state index < -0.39 is 0 Å². The molecule has 60 valence electrons. The SMILES string of the molecule is CC/C=C\C1=CCC=CCC1. The van der Waals surface area contributed by atoms with Crippen LogP contribution < -0.4 is 0 Å². The molecule has 1 aliphatic carbocycles. The molecule has 0 saturated carbocycles. The van der Waals surface area contributed by atoms with Gasteiger partial charge in [0.15, 0.2) is 0 Å². The Kier molecular flexibility index (Phi) is 3.74. The molecule has 0 nitrogen and oxygen atoms in total. The van der Waals surface area contributed by atoms with E-state index in [1.54, 1.807) is 0 Å². The van der Waals surface area contributed by atoms with Gasteiger partial charge in [-0.1, -0.05) is 42.9 Å². The minimum absolute atomic E-state index is 1.11. The van der Waals surface area contributed by atoms with Crippen LogP contribution in [0, 0.1) is 0 Å². The summed E-state index contributed by atoms with van der Waals surface area (Å²) >= 11 is 0. The van der Waals surface area contributed by atoms with Crippen molar-refractivity contribution in [2.45, 2.75) is 32.6 Å². The minimum atomic E-state index is 1.11. The molecule has 1 aliphatic rings. The van der Waals surface area contributed by atoms with E-state index in [4.69, 9.17) is 0 Å². The van der Waals surface area contributed by atoms with Crippen molar-refractivity contribution in [1.82, 2.24) is 0 Å². The molecule has 0 fully saturated rings. The molecular formula is C11H16. The zero-order valence-corrected chi connectivity index (χ0v) is 7.22. The second-order valence-corrected chi connectivity index (χ2v) is 2.84. The molecule has 11 heavy (non-hydrogen) atoms. The Morgan fingerprint density at radius 2 is 2.36 bits per heavy atom. The normalized spacial score (nSPS) is 18.5. The average Bonchev–Trinajstić information content (AvgIpc) is 2.28. The molecular weight excluding hydrogens is 132 g/mol. The standard InChI is InChI=1S/C11H16/c1-2-3-8-11-9-6-4-5-7-10-11/h3-5,8-9H,2,6-7,10H2,1H3/b8-3-. The van der Waals surface area contributed by atoms with Crippen LogP contribution in [0.15, 0.2) is 36.0 Å².